The Labute approximate surface area is 81.4 Å². The molecule has 13 heavy (non-hydrogen) atoms. The fourth-order valence-electron chi connectivity index (χ4n) is 1.66. The predicted octanol–water partition coefficient (Wildman–Crippen LogP) is 0.850. The molecule has 3 nitrogen and oxygen atoms in total. The Bertz CT molecular complexity index is 115. The van der Waals surface area contributed by atoms with Gasteiger partial charge in [-0.1, -0.05) is 27.2 Å². The van der Waals surface area contributed by atoms with Crippen molar-refractivity contribution in [3.63, 3.8) is 0 Å². The minimum atomic E-state index is -0.394. The zero-order valence-electron chi connectivity index (χ0n) is 9.03. The quantitative estimate of drug-likeness (QED) is 0.624. The topological polar surface area (TPSA) is 43.7 Å². The van der Waals surface area contributed by atoms with E-state index in [-0.39, 0.29) is 12.6 Å². The van der Waals surface area contributed by atoms with E-state index in [0.717, 1.165) is 25.9 Å². The summed E-state index contributed by atoms with van der Waals surface area (Å²) >= 11 is 0. The molecule has 2 N–H and O–H groups in total. The molecule has 80 valence electrons. The monoisotopic (exact) mass is 189 g/mol. The molecule has 0 spiro atoms. The molecule has 0 heterocycles. The normalized spacial score (nSPS) is 16.2. The minimum absolute atomic E-state index is 0.0445. The summed E-state index contributed by atoms with van der Waals surface area (Å²) in [5, 5.41) is 18.9. The predicted molar refractivity (Wildman–Crippen MR) is 54.7 cm³/mol. The molecule has 0 aromatic carbocycles. The molecule has 0 saturated carbocycles. The first kappa shape index (κ1) is 12.9. The second-order valence-corrected chi connectivity index (χ2v) is 3.33. The molecule has 2 atom stereocenters. The van der Waals surface area contributed by atoms with Crippen LogP contribution in [0.5, 0.6) is 0 Å². The van der Waals surface area contributed by atoms with Crippen molar-refractivity contribution < 1.29 is 10.2 Å². The van der Waals surface area contributed by atoms with Gasteiger partial charge in [0, 0.05) is 0 Å². The van der Waals surface area contributed by atoms with Crippen LogP contribution in [0.1, 0.15) is 33.6 Å². The number of aliphatic hydroxyl groups excluding tert-OH is 2. The van der Waals surface area contributed by atoms with E-state index in [2.05, 4.69) is 4.90 Å². The lowest BCUT2D eigenvalue weighted by atomic mass is 10.1. The number of rotatable bonds is 7. The molecule has 0 radical (unpaired) electrons. The first-order valence-corrected chi connectivity index (χ1v) is 5.24. The van der Waals surface area contributed by atoms with Crippen molar-refractivity contribution in [3.05, 3.63) is 0 Å². The SMILES string of the molecule is CCC[C@@H](O)[C@H](CO)N(CC)CC. The van der Waals surface area contributed by atoms with Crippen LogP contribution in [0.2, 0.25) is 0 Å². The number of likely N-dealkylation sites (N-methyl/N-ethyl adjacent to an activating group) is 1. The smallest absolute Gasteiger partial charge is 0.0717 e. The van der Waals surface area contributed by atoms with Crippen molar-refractivity contribution in [2.75, 3.05) is 19.7 Å². The van der Waals surface area contributed by atoms with Crippen LogP contribution in [0.25, 0.3) is 0 Å². The van der Waals surface area contributed by atoms with Crippen LogP contribution in [-0.2, 0) is 0 Å². The third-order valence-electron chi connectivity index (χ3n) is 2.50. The van der Waals surface area contributed by atoms with Crippen molar-refractivity contribution in [1.29, 1.82) is 0 Å². The molecule has 0 aromatic heterocycles. The highest BCUT2D eigenvalue weighted by Crippen LogP contribution is 2.09. The van der Waals surface area contributed by atoms with Gasteiger partial charge in [0.2, 0.25) is 0 Å². The van der Waals surface area contributed by atoms with Gasteiger partial charge in [-0.15, -0.1) is 0 Å². The first-order valence-electron chi connectivity index (χ1n) is 5.24. The average molecular weight is 189 g/mol. The zero-order valence-corrected chi connectivity index (χ0v) is 9.03. The highest BCUT2D eigenvalue weighted by atomic mass is 16.3. The van der Waals surface area contributed by atoms with Gasteiger partial charge < -0.3 is 10.2 Å². The summed E-state index contributed by atoms with van der Waals surface area (Å²) in [5.41, 5.74) is 0. The first-order chi connectivity index (χ1) is 6.21. The van der Waals surface area contributed by atoms with Gasteiger partial charge in [-0.2, -0.15) is 0 Å². The molecule has 0 aliphatic rings. The maximum Gasteiger partial charge on any atom is 0.0717 e. The third-order valence-corrected chi connectivity index (χ3v) is 2.50. The fraction of sp³-hybridized carbons (Fsp3) is 1.00. The standard InChI is InChI=1S/C10H23NO2/c1-4-7-10(13)9(8-12)11(5-2)6-3/h9-10,12-13H,4-8H2,1-3H3/t9-,10+/m0/s1. The molecule has 0 aliphatic carbocycles. The van der Waals surface area contributed by atoms with Crippen LogP contribution < -0.4 is 0 Å². The van der Waals surface area contributed by atoms with Crippen molar-refractivity contribution in [2.45, 2.75) is 45.8 Å². The lowest BCUT2D eigenvalue weighted by Gasteiger charge is -2.31. The molecule has 0 bridgehead atoms. The Kier molecular flexibility index (Phi) is 7.23. The van der Waals surface area contributed by atoms with E-state index < -0.39 is 6.10 Å². The van der Waals surface area contributed by atoms with E-state index in [4.69, 9.17) is 5.11 Å². The van der Waals surface area contributed by atoms with Gasteiger partial charge in [-0.05, 0) is 19.5 Å². The zero-order chi connectivity index (χ0) is 10.3. The molecule has 0 aliphatic heterocycles. The summed E-state index contributed by atoms with van der Waals surface area (Å²) in [5.74, 6) is 0. The maximum atomic E-state index is 9.74. The Morgan fingerprint density at radius 2 is 1.69 bits per heavy atom. The Balaban J connectivity index is 4.11. The molecule has 0 rings (SSSR count). The Morgan fingerprint density at radius 1 is 1.15 bits per heavy atom. The van der Waals surface area contributed by atoms with Crippen LogP contribution in [0.15, 0.2) is 0 Å². The van der Waals surface area contributed by atoms with E-state index in [1.807, 2.05) is 20.8 Å². The highest BCUT2D eigenvalue weighted by Gasteiger charge is 2.22. The molecule has 3 heteroatoms. The summed E-state index contributed by atoms with van der Waals surface area (Å²) in [6, 6.07) is -0.0880. The summed E-state index contributed by atoms with van der Waals surface area (Å²) in [7, 11) is 0. The van der Waals surface area contributed by atoms with Gasteiger partial charge in [-0.25, -0.2) is 0 Å². The largest absolute Gasteiger partial charge is 0.395 e. The molecule has 0 saturated heterocycles. The highest BCUT2D eigenvalue weighted by molar-refractivity contribution is 4.76. The second kappa shape index (κ2) is 7.30. The van der Waals surface area contributed by atoms with Gasteiger partial charge in [-0.3, -0.25) is 4.90 Å². The Morgan fingerprint density at radius 3 is 2.00 bits per heavy atom. The van der Waals surface area contributed by atoms with Crippen LogP contribution >= 0.6 is 0 Å². The van der Waals surface area contributed by atoms with E-state index in [1.165, 1.54) is 0 Å². The van der Waals surface area contributed by atoms with Crippen LogP contribution in [0.4, 0.5) is 0 Å². The Hall–Kier alpha value is -0.120. The molecule has 0 amide bonds. The van der Waals surface area contributed by atoms with Gasteiger partial charge >= 0.3 is 0 Å². The number of hydrogen-bond acceptors (Lipinski definition) is 3. The third kappa shape index (κ3) is 4.07. The van der Waals surface area contributed by atoms with Crippen molar-refractivity contribution in [2.24, 2.45) is 0 Å². The van der Waals surface area contributed by atoms with Crippen molar-refractivity contribution >= 4 is 0 Å². The van der Waals surface area contributed by atoms with Crippen molar-refractivity contribution in [3.8, 4) is 0 Å². The molecule has 0 unspecified atom stereocenters. The molecular formula is C10H23NO2. The van der Waals surface area contributed by atoms with Crippen LogP contribution in [-0.4, -0.2) is 47.0 Å². The summed E-state index contributed by atoms with van der Waals surface area (Å²) in [6.45, 7) is 7.93. The lowest BCUT2D eigenvalue weighted by Crippen LogP contribution is -2.45. The average Bonchev–Trinajstić information content (AvgIpc) is 2.14. The van der Waals surface area contributed by atoms with Crippen LogP contribution in [0.3, 0.4) is 0 Å². The summed E-state index contributed by atoms with van der Waals surface area (Å²) in [4.78, 5) is 2.10. The van der Waals surface area contributed by atoms with E-state index in [1.54, 1.807) is 0 Å². The van der Waals surface area contributed by atoms with Crippen LogP contribution in [0, 0.1) is 0 Å². The minimum Gasteiger partial charge on any atom is -0.395 e. The van der Waals surface area contributed by atoms with E-state index >= 15 is 0 Å². The molecule has 0 aromatic rings. The molecular weight excluding hydrogens is 166 g/mol. The lowest BCUT2D eigenvalue weighted by molar-refractivity contribution is 0.0159. The second-order valence-electron chi connectivity index (χ2n) is 3.33. The van der Waals surface area contributed by atoms with E-state index in [9.17, 15) is 5.11 Å². The summed E-state index contributed by atoms with van der Waals surface area (Å²) in [6.07, 6.45) is 1.33. The summed E-state index contributed by atoms with van der Waals surface area (Å²) < 4.78 is 0. The van der Waals surface area contributed by atoms with Crippen molar-refractivity contribution in [1.82, 2.24) is 4.90 Å². The number of aliphatic hydroxyl groups is 2. The van der Waals surface area contributed by atoms with E-state index in [0.29, 0.717) is 0 Å². The van der Waals surface area contributed by atoms with Gasteiger partial charge in [0.25, 0.3) is 0 Å². The van der Waals surface area contributed by atoms with Gasteiger partial charge in [0.05, 0.1) is 18.8 Å². The van der Waals surface area contributed by atoms with Gasteiger partial charge in [0.15, 0.2) is 0 Å². The number of nitrogens with zero attached hydrogens (tertiary/aromatic N) is 1. The number of hydrogen-bond donors (Lipinski definition) is 2. The fourth-order valence-corrected chi connectivity index (χ4v) is 1.66. The maximum absolute atomic E-state index is 9.74. The van der Waals surface area contributed by atoms with Gasteiger partial charge in [0.1, 0.15) is 0 Å². The molecule has 0 fully saturated rings.